The molecule has 8 heteroatoms. The van der Waals surface area contributed by atoms with E-state index in [-0.39, 0.29) is 29.4 Å². The SMILES string of the molecule is CC(C)C(=O)Nc1ccc(CNC(=O)c2c[nH]c3c(cnn3C)c2=O)cc1. The molecule has 0 aliphatic carbocycles. The van der Waals surface area contributed by atoms with Crippen LogP contribution in [0.5, 0.6) is 0 Å². The van der Waals surface area contributed by atoms with Gasteiger partial charge in [-0.25, -0.2) is 0 Å². The number of hydrogen-bond acceptors (Lipinski definition) is 4. The minimum absolute atomic E-state index is 0.0383. The van der Waals surface area contributed by atoms with Gasteiger partial charge in [0.15, 0.2) is 0 Å². The number of benzene rings is 1. The molecule has 140 valence electrons. The second-order valence-corrected chi connectivity index (χ2v) is 6.59. The van der Waals surface area contributed by atoms with Crippen molar-refractivity contribution >= 4 is 28.5 Å². The number of aromatic amines is 1. The fourth-order valence-electron chi connectivity index (χ4n) is 2.56. The molecular formula is C19H21N5O3. The summed E-state index contributed by atoms with van der Waals surface area (Å²) in [7, 11) is 1.71. The summed E-state index contributed by atoms with van der Waals surface area (Å²) in [5, 5.41) is 9.92. The molecule has 3 aromatic rings. The predicted molar refractivity (Wildman–Crippen MR) is 102 cm³/mol. The maximum atomic E-state index is 12.4. The second-order valence-electron chi connectivity index (χ2n) is 6.59. The highest BCUT2D eigenvalue weighted by Crippen LogP contribution is 2.11. The van der Waals surface area contributed by atoms with Crippen LogP contribution in [-0.4, -0.2) is 26.6 Å². The van der Waals surface area contributed by atoms with Gasteiger partial charge in [0.1, 0.15) is 11.2 Å². The fraction of sp³-hybridized carbons (Fsp3) is 0.263. The molecule has 3 rings (SSSR count). The van der Waals surface area contributed by atoms with Gasteiger partial charge >= 0.3 is 0 Å². The quantitative estimate of drug-likeness (QED) is 0.639. The summed E-state index contributed by atoms with van der Waals surface area (Å²) >= 11 is 0. The van der Waals surface area contributed by atoms with Crippen LogP contribution in [0.1, 0.15) is 29.8 Å². The van der Waals surface area contributed by atoms with Gasteiger partial charge in [0.05, 0.1) is 11.6 Å². The lowest BCUT2D eigenvalue weighted by molar-refractivity contribution is -0.118. The monoisotopic (exact) mass is 367 g/mol. The third-order valence-corrected chi connectivity index (χ3v) is 4.22. The molecule has 2 aromatic heterocycles. The number of pyridine rings is 1. The van der Waals surface area contributed by atoms with Gasteiger partial charge in [-0.15, -0.1) is 0 Å². The molecule has 0 aliphatic heterocycles. The predicted octanol–water partition coefficient (Wildman–Crippen LogP) is 1.79. The number of amides is 2. The summed E-state index contributed by atoms with van der Waals surface area (Å²) in [6.07, 6.45) is 2.83. The van der Waals surface area contributed by atoms with Gasteiger partial charge in [0, 0.05) is 31.4 Å². The van der Waals surface area contributed by atoms with Crippen molar-refractivity contribution in [3.05, 3.63) is 58.0 Å². The standard InChI is InChI=1S/C19H21N5O3/c1-11(2)18(26)23-13-6-4-12(5-7-13)8-21-19(27)15-9-20-17-14(16(15)25)10-22-24(17)3/h4-7,9-11H,8H2,1-3H3,(H,20,25)(H,21,27)(H,23,26). The normalized spacial score (nSPS) is 11.0. The van der Waals surface area contributed by atoms with Crippen LogP contribution in [0.15, 0.2) is 41.5 Å². The first-order chi connectivity index (χ1) is 12.9. The van der Waals surface area contributed by atoms with Crippen molar-refractivity contribution in [2.75, 3.05) is 5.32 Å². The zero-order chi connectivity index (χ0) is 19.6. The van der Waals surface area contributed by atoms with Gasteiger partial charge in [-0.1, -0.05) is 26.0 Å². The van der Waals surface area contributed by atoms with Gasteiger partial charge in [-0.05, 0) is 17.7 Å². The minimum atomic E-state index is -0.459. The number of fused-ring (bicyclic) bond motifs is 1. The van der Waals surface area contributed by atoms with Crippen LogP contribution in [-0.2, 0) is 18.4 Å². The largest absolute Gasteiger partial charge is 0.348 e. The molecule has 0 atom stereocenters. The highest BCUT2D eigenvalue weighted by Gasteiger charge is 2.14. The van der Waals surface area contributed by atoms with E-state index in [2.05, 4.69) is 20.7 Å². The average Bonchev–Trinajstić information content (AvgIpc) is 3.03. The highest BCUT2D eigenvalue weighted by molar-refractivity contribution is 5.96. The van der Waals surface area contributed by atoms with E-state index in [0.717, 1.165) is 5.56 Å². The number of aryl methyl sites for hydroxylation is 1. The lowest BCUT2D eigenvalue weighted by atomic mass is 10.1. The van der Waals surface area contributed by atoms with Crippen molar-refractivity contribution in [3.63, 3.8) is 0 Å². The van der Waals surface area contributed by atoms with E-state index in [9.17, 15) is 14.4 Å². The molecule has 0 spiro atoms. The summed E-state index contributed by atoms with van der Waals surface area (Å²) in [6.45, 7) is 3.91. The number of H-pyrrole nitrogens is 1. The van der Waals surface area contributed by atoms with Crippen molar-refractivity contribution in [2.24, 2.45) is 13.0 Å². The molecule has 0 unspecified atom stereocenters. The molecule has 1 aromatic carbocycles. The van der Waals surface area contributed by atoms with Crippen LogP contribution in [0.25, 0.3) is 11.0 Å². The fourth-order valence-corrected chi connectivity index (χ4v) is 2.56. The Bertz CT molecular complexity index is 1050. The van der Waals surface area contributed by atoms with E-state index >= 15 is 0 Å². The van der Waals surface area contributed by atoms with Crippen molar-refractivity contribution in [2.45, 2.75) is 20.4 Å². The zero-order valence-corrected chi connectivity index (χ0v) is 15.4. The summed E-state index contributed by atoms with van der Waals surface area (Å²) in [4.78, 5) is 39.4. The molecule has 0 saturated carbocycles. The van der Waals surface area contributed by atoms with E-state index in [4.69, 9.17) is 0 Å². The Morgan fingerprint density at radius 3 is 2.59 bits per heavy atom. The topological polar surface area (TPSA) is 109 Å². The van der Waals surface area contributed by atoms with Crippen molar-refractivity contribution in [1.29, 1.82) is 0 Å². The van der Waals surface area contributed by atoms with Crippen LogP contribution < -0.4 is 16.1 Å². The zero-order valence-electron chi connectivity index (χ0n) is 15.4. The maximum Gasteiger partial charge on any atom is 0.257 e. The summed E-state index contributed by atoms with van der Waals surface area (Å²) in [5.74, 6) is -0.612. The number of hydrogen-bond donors (Lipinski definition) is 3. The molecule has 0 fully saturated rings. The summed E-state index contributed by atoms with van der Waals surface area (Å²) in [5.41, 5.74) is 1.79. The number of anilines is 1. The minimum Gasteiger partial charge on any atom is -0.348 e. The van der Waals surface area contributed by atoms with Crippen LogP contribution in [0.2, 0.25) is 0 Å². The van der Waals surface area contributed by atoms with Crippen LogP contribution in [0, 0.1) is 5.92 Å². The van der Waals surface area contributed by atoms with Crippen LogP contribution in [0.4, 0.5) is 5.69 Å². The lowest BCUT2D eigenvalue weighted by Gasteiger charge is -2.09. The average molecular weight is 367 g/mol. The number of aromatic nitrogens is 3. The maximum absolute atomic E-state index is 12.4. The van der Waals surface area contributed by atoms with E-state index in [1.54, 1.807) is 19.2 Å². The van der Waals surface area contributed by atoms with Crippen LogP contribution in [0.3, 0.4) is 0 Å². The molecule has 2 amide bonds. The third kappa shape index (κ3) is 3.89. The number of nitrogens with zero attached hydrogens (tertiary/aromatic N) is 2. The Morgan fingerprint density at radius 1 is 1.22 bits per heavy atom. The molecule has 0 bridgehead atoms. The second kappa shape index (κ2) is 7.45. The molecule has 8 nitrogen and oxygen atoms in total. The Morgan fingerprint density at radius 2 is 1.93 bits per heavy atom. The molecule has 2 heterocycles. The smallest absolute Gasteiger partial charge is 0.257 e. The first kappa shape index (κ1) is 18.4. The van der Waals surface area contributed by atoms with E-state index < -0.39 is 5.91 Å². The molecule has 27 heavy (non-hydrogen) atoms. The Hall–Kier alpha value is -3.42. The van der Waals surface area contributed by atoms with E-state index in [1.807, 2.05) is 26.0 Å². The van der Waals surface area contributed by atoms with Crippen LogP contribution >= 0.6 is 0 Å². The Balaban J connectivity index is 1.66. The molecular weight excluding hydrogens is 346 g/mol. The Labute approximate surface area is 155 Å². The van der Waals surface area contributed by atoms with E-state index in [0.29, 0.717) is 16.7 Å². The Kier molecular flexibility index (Phi) is 5.07. The molecule has 0 radical (unpaired) electrons. The van der Waals surface area contributed by atoms with Gasteiger partial charge in [0.25, 0.3) is 5.91 Å². The van der Waals surface area contributed by atoms with Crippen molar-refractivity contribution in [3.8, 4) is 0 Å². The van der Waals surface area contributed by atoms with Gasteiger partial charge < -0.3 is 15.6 Å². The molecule has 0 aliphatic rings. The number of nitrogens with one attached hydrogen (secondary N) is 3. The van der Waals surface area contributed by atoms with Gasteiger partial charge in [-0.2, -0.15) is 5.10 Å². The number of carbonyl (C=O) groups is 2. The first-order valence-corrected chi connectivity index (χ1v) is 8.58. The summed E-state index contributed by atoms with van der Waals surface area (Å²) in [6, 6.07) is 7.17. The third-order valence-electron chi connectivity index (χ3n) is 4.22. The van der Waals surface area contributed by atoms with Crippen molar-refractivity contribution < 1.29 is 9.59 Å². The molecule has 0 saturated heterocycles. The highest BCUT2D eigenvalue weighted by atomic mass is 16.2. The van der Waals surface area contributed by atoms with Crippen molar-refractivity contribution in [1.82, 2.24) is 20.1 Å². The van der Waals surface area contributed by atoms with E-state index in [1.165, 1.54) is 17.1 Å². The summed E-state index contributed by atoms with van der Waals surface area (Å²) < 4.78 is 1.54. The molecule has 3 N–H and O–H groups in total. The number of rotatable bonds is 5. The first-order valence-electron chi connectivity index (χ1n) is 8.58. The lowest BCUT2D eigenvalue weighted by Crippen LogP contribution is -2.28. The van der Waals surface area contributed by atoms with Gasteiger partial charge in [0.2, 0.25) is 11.3 Å². The number of carbonyl (C=O) groups excluding carboxylic acids is 2. The van der Waals surface area contributed by atoms with Gasteiger partial charge in [-0.3, -0.25) is 19.1 Å².